The van der Waals surface area contributed by atoms with E-state index < -0.39 is 12.6 Å². The van der Waals surface area contributed by atoms with Crippen LogP contribution in [0, 0.1) is 21.7 Å². The maximum Gasteiger partial charge on any atom is 0.197 e. The van der Waals surface area contributed by atoms with Crippen LogP contribution in [0.25, 0.3) is 0 Å². The Balaban J connectivity index is 1.93. The van der Waals surface area contributed by atoms with Gasteiger partial charge in [0.15, 0.2) is 12.6 Å². The predicted molar refractivity (Wildman–Crippen MR) is 260 cm³/mol. The second kappa shape index (κ2) is 19.0. The first-order valence-corrected chi connectivity index (χ1v) is 24.1. The number of rotatable bonds is 21. The van der Waals surface area contributed by atoms with Crippen LogP contribution in [-0.2, 0) is 53.4 Å². The van der Waals surface area contributed by atoms with Crippen LogP contribution < -0.4 is 9.47 Å². The summed E-state index contributed by atoms with van der Waals surface area (Å²) in [6.07, 6.45) is 5.41. The van der Waals surface area contributed by atoms with Gasteiger partial charge in [0.1, 0.15) is 23.7 Å². The summed E-state index contributed by atoms with van der Waals surface area (Å²) in [5.41, 5.74) is 7.62. The van der Waals surface area contributed by atoms with Crippen molar-refractivity contribution in [3.8, 4) is 11.5 Å². The second-order valence-corrected chi connectivity index (χ2v) is 27.0. The number of benzene rings is 2. The molecule has 6 heteroatoms. The highest BCUT2D eigenvalue weighted by molar-refractivity contribution is 5.54. The summed E-state index contributed by atoms with van der Waals surface area (Å²) in [5, 5.41) is 0. The van der Waals surface area contributed by atoms with Crippen molar-refractivity contribution in [2.75, 3.05) is 26.4 Å². The molecule has 0 amide bonds. The van der Waals surface area contributed by atoms with Crippen LogP contribution in [-0.4, -0.2) is 51.2 Å². The molecule has 0 bridgehead atoms. The van der Waals surface area contributed by atoms with Gasteiger partial charge < -0.3 is 28.4 Å². The minimum atomic E-state index is -0.404. The number of epoxide rings is 2. The number of hydrogen-bond donors (Lipinski definition) is 0. The highest BCUT2D eigenvalue weighted by Crippen LogP contribution is 2.50. The van der Waals surface area contributed by atoms with E-state index in [2.05, 4.69) is 163 Å². The molecule has 62 heavy (non-hydrogen) atoms. The molecule has 0 aliphatic carbocycles. The highest BCUT2D eigenvalue weighted by atomic mass is 16.7. The number of hydrogen-bond acceptors (Lipinski definition) is 6. The first kappa shape index (κ1) is 52.5. The number of aryl methyl sites for hydroxylation is 2. The minimum Gasteiger partial charge on any atom is -0.465 e. The zero-order valence-corrected chi connectivity index (χ0v) is 44.1. The standard InChI is InChI=1S/C56H94O6/c1-37(57-29-41-31-59-41)61-47-43(53(15,16)33-49(3,4)5)25-39(26-44(47)54(17,18)34-50(6,7)8)23-24-40-27-45(55(19,20)35-51(9,10)11)48(62-38(2)58-30-42-32-60-42)46(28-40)56(21,22)36-52(12,13)14/h25-28,37-38,41-42H,23-24,29-36H2,1-22H3. The van der Waals surface area contributed by atoms with Gasteiger partial charge in [-0.2, -0.15) is 0 Å². The molecular weight excluding hydrogens is 769 g/mol. The van der Waals surface area contributed by atoms with Gasteiger partial charge in [0.2, 0.25) is 0 Å². The van der Waals surface area contributed by atoms with Crippen LogP contribution in [0.1, 0.15) is 211 Å². The third kappa shape index (κ3) is 16.4. The summed E-state index contributed by atoms with van der Waals surface area (Å²) < 4.78 is 37.6. The molecule has 2 aliphatic heterocycles. The molecule has 2 fully saturated rings. The molecular formula is C56H94O6. The maximum absolute atomic E-state index is 7.03. The molecule has 2 aromatic rings. The lowest BCUT2D eigenvalue weighted by Gasteiger charge is -2.40. The minimum absolute atomic E-state index is 0.119. The lowest BCUT2D eigenvalue weighted by atomic mass is 9.67. The zero-order chi connectivity index (χ0) is 47.1. The summed E-state index contributed by atoms with van der Waals surface area (Å²) in [6.45, 7) is 54.2. The fourth-order valence-electron chi connectivity index (χ4n) is 11.1. The third-order valence-electron chi connectivity index (χ3n) is 12.2. The topological polar surface area (TPSA) is 62.0 Å². The van der Waals surface area contributed by atoms with Gasteiger partial charge in [-0.25, -0.2) is 0 Å². The monoisotopic (exact) mass is 863 g/mol. The molecule has 0 radical (unpaired) electrons. The molecule has 2 aromatic carbocycles. The van der Waals surface area contributed by atoms with E-state index in [-0.39, 0.29) is 55.5 Å². The fraction of sp³-hybridized carbons (Fsp3) is 0.786. The van der Waals surface area contributed by atoms with Crippen molar-refractivity contribution < 1.29 is 28.4 Å². The van der Waals surface area contributed by atoms with E-state index >= 15 is 0 Å². The zero-order valence-electron chi connectivity index (χ0n) is 44.1. The summed E-state index contributed by atoms with van der Waals surface area (Å²) in [4.78, 5) is 0. The van der Waals surface area contributed by atoms with Crippen LogP contribution in [0.5, 0.6) is 11.5 Å². The highest BCUT2D eigenvalue weighted by Gasteiger charge is 2.40. The Morgan fingerprint density at radius 1 is 0.435 bits per heavy atom. The molecule has 0 saturated carbocycles. The summed E-state index contributed by atoms with van der Waals surface area (Å²) in [5.74, 6) is 1.98. The summed E-state index contributed by atoms with van der Waals surface area (Å²) in [7, 11) is 0. The van der Waals surface area contributed by atoms with Crippen LogP contribution in [0.4, 0.5) is 0 Å². The number of ether oxygens (including phenoxy) is 6. The van der Waals surface area contributed by atoms with Crippen molar-refractivity contribution in [3.63, 3.8) is 0 Å². The lowest BCUT2D eigenvalue weighted by molar-refractivity contribution is -0.0729. The first-order valence-electron chi connectivity index (χ1n) is 24.1. The molecule has 2 saturated heterocycles. The molecule has 0 spiro atoms. The van der Waals surface area contributed by atoms with Gasteiger partial charge in [0, 0.05) is 22.3 Å². The first-order chi connectivity index (χ1) is 28.0. The molecule has 4 unspecified atom stereocenters. The Bertz CT molecular complexity index is 1550. The van der Waals surface area contributed by atoms with Crippen molar-refractivity contribution in [1.82, 2.24) is 0 Å². The average molecular weight is 863 g/mol. The molecule has 2 heterocycles. The van der Waals surface area contributed by atoms with Crippen molar-refractivity contribution in [2.24, 2.45) is 21.7 Å². The van der Waals surface area contributed by atoms with Gasteiger partial charge in [-0.15, -0.1) is 0 Å². The van der Waals surface area contributed by atoms with Crippen molar-refractivity contribution >= 4 is 0 Å². The van der Waals surface area contributed by atoms with E-state index in [9.17, 15) is 0 Å². The van der Waals surface area contributed by atoms with E-state index in [0.717, 1.165) is 63.2 Å². The third-order valence-corrected chi connectivity index (χ3v) is 12.2. The lowest BCUT2D eigenvalue weighted by Crippen LogP contribution is -2.31. The van der Waals surface area contributed by atoms with Gasteiger partial charge in [-0.3, -0.25) is 0 Å². The quantitative estimate of drug-likeness (QED) is 0.0920. The van der Waals surface area contributed by atoms with E-state index in [0.29, 0.717) is 13.2 Å². The second-order valence-electron chi connectivity index (χ2n) is 27.0. The Hall–Kier alpha value is -2.12. The molecule has 6 nitrogen and oxygen atoms in total. The Kier molecular flexibility index (Phi) is 16.1. The molecule has 4 rings (SSSR count). The smallest absolute Gasteiger partial charge is 0.197 e. The maximum atomic E-state index is 7.03. The van der Waals surface area contributed by atoms with Crippen LogP contribution in [0.2, 0.25) is 0 Å². The predicted octanol–water partition coefficient (Wildman–Crippen LogP) is 14.6. The van der Waals surface area contributed by atoms with Gasteiger partial charge in [0.05, 0.1) is 26.4 Å². The summed E-state index contributed by atoms with van der Waals surface area (Å²) >= 11 is 0. The van der Waals surface area contributed by atoms with Crippen molar-refractivity contribution in [1.29, 1.82) is 0 Å². The molecule has 0 N–H and O–H groups in total. The molecule has 354 valence electrons. The van der Waals surface area contributed by atoms with E-state index in [1.54, 1.807) is 0 Å². The fourth-order valence-corrected chi connectivity index (χ4v) is 11.1. The van der Waals surface area contributed by atoms with Gasteiger partial charge >= 0.3 is 0 Å². The van der Waals surface area contributed by atoms with E-state index in [1.165, 1.54) is 33.4 Å². The Morgan fingerprint density at radius 2 is 0.661 bits per heavy atom. The van der Waals surface area contributed by atoms with Crippen LogP contribution in [0.15, 0.2) is 24.3 Å². The Labute approximate surface area is 381 Å². The van der Waals surface area contributed by atoms with E-state index in [4.69, 9.17) is 28.4 Å². The van der Waals surface area contributed by atoms with Crippen LogP contribution in [0.3, 0.4) is 0 Å². The van der Waals surface area contributed by atoms with Crippen molar-refractivity contribution in [3.05, 3.63) is 57.6 Å². The SMILES string of the molecule is CC(OCC1CO1)Oc1c(C(C)(C)CC(C)(C)C)cc(CCc2cc(C(C)(C)CC(C)(C)C)c(OC(C)OCC3CO3)c(C(C)(C)CC(C)(C)C)c2)cc1C(C)(C)CC(C)(C)C. The van der Waals surface area contributed by atoms with Crippen molar-refractivity contribution in [2.45, 2.75) is 237 Å². The van der Waals surface area contributed by atoms with E-state index in [1.807, 2.05) is 13.8 Å². The Morgan fingerprint density at radius 3 is 0.855 bits per heavy atom. The largest absolute Gasteiger partial charge is 0.465 e. The summed E-state index contributed by atoms with van der Waals surface area (Å²) in [6, 6.07) is 9.90. The molecule has 4 atom stereocenters. The van der Waals surface area contributed by atoms with Crippen LogP contribution >= 0.6 is 0 Å². The van der Waals surface area contributed by atoms with Gasteiger partial charge in [-0.05, 0) is 107 Å². The molecule has 0 aromatic heterocycles. The van der Waals surface area contributed by atoms with Gasteiger partial charge in [0.25, 0.3) is 0 Å². The normalized spacial score (nSPS) is 19.1. The van der Waals surface area contributed by atoms with Gasteiger partial charge in [-0.1, -0.05) is 163 Å². The molecule has 2 aliphatic rings. The average Bonchev–Trinajstić information content (AvgIpc) is 3.97.